The van der Waals surface area contributed by atoms with E-state index in [4.69, 9.17) is 5.73 Å². The van der Waals surface area contributed by atoms with Gasteiger partial charge in [-0.05, 0) is 65.7 Å². The maximum absolute atomic E-state index is 12.8. The molecule has 1 nitrogen and oxygen atoms in total. The van der Waals surface area contributed by atoms with Gasteiger partial charge < -0.3 is 5.73 Å². The van der Waals surface area contributed by atoms with Crippen LogP contribution in [0.25, 0.3) is 0 Å². The van der Waals surface area contributed by atoms with E-state index in [1.54, 1.807) is 6.07 Å². The van der Waals surface area contributed by atoms with Gasteiger partial charge >= 0.3 is 0 Å². The van der Waals surface area contributed by atoms with Crippen LogP contribution in [0.2, 0.25) is 0 Å². The van der Waals surface area contributed by atoms with Gasteiger partial charge in [0.2, 0.25) is 0 Å². The summed E-state index contributed by atoms with van der Waals surface area (Å²) in [6, 6.07) is 5.07. The Kier molecular flexibility index (Phi) is 3.94. The SMILES string of the molecule is NCCCc1cc(F)cc(I)c1. The van der Waals surface area contributed by atoms with E-state index in [1.807, 2.05) is 6.07 Å². The molecule has 0 bridgehead atoms. The molecular weight excluding hydrogens is 268 g/mol. The number of aryl methyl sites for hydroxylation is 1. The number of nitrogens with two attached hydrogens (primary N) is 1. The average Bonchev–Trinajstić information content (AvgIpc) is 1.99. The number of benzene rings is 1. The zero-order valence-corrected chi connectivity index (χ0v) is 8.84. The monoisotopic (exact) mass is 279 g/mol. The fourth-order valence-electron chi connectivity index (χ4n) is 1.06. The van der Waals surface area contributed by atoms with Crippen LogP contribution >= 0.6 is 22.6 Å². The van der Waals surface area contributed by atoms with Gasteiger partial charge in [0.25, 0.3) is 0 Å². The Morgan fingerprint density at radius 2 is 2.08 bits per heavy atom. The van der Waals surface area contributed by atoms with Crippen LogP contribution in [0.4, 0.5) is 4.39 Å². The first-order valence-electron chi connectivity index (χ1n) is 3.87. The molecule has 0 heterocycles. The first-order chi connectivity index (χ1) is 5.72. The van der Waals surface area contributed by atoms with Gasteiger partial charge in [0.05, 0.1) is 0 Å². The molecule has 0 atom stereocenters. The molecule has 0 spiro atoms. The van der Waals surface area contributed by atoms with Crippen molar-refractivity contribution in [3.63, 3.8) is 0 Å². The Bertz CT molecular complexity index is 242. The summed E-state index contributed by atoms with van der Waals surface area (Å²) in [6.45, 7) is 0.660. The first-order valence-corrected chi connectivity index (χ1v) is 4.95. The predicted molar refractivity (Wildman–Crippen MR) is 56.5 cm³/mol. The van der Waals surface area contributed by atoms with Crippen LogP contribution in [0, 0.1) is 9.39 Å². The number of rotatable bonds is 3. The second-order valence-electron chi connectivity index (χ2n) is 2.67. The van der Waals surface area contributed by atoms with E-state index >= 15 is 0 Å². The van der Waals surface area contributed by atoms with Gasteiger partial charge in [-0.15, -0.1) is 0 Å². The van der Waals surface area contributed by atoms with E-state index in [0.29, 0.717) is 6.54 Å². The Morgan fingerprint density at radius 3 is 2.67 bits per heavy atom. The lowest BCUT2D eigenvalue weighted by Crippen LogP contribution is -2.00. The van der Waals surface area contributed by atoms with Crippen LogP contribution in [0.15, 0.2) is 18.2 Å². The van der Waals surface area contributed by atoms with Crippen LogP contribution in [0.5, 0.6) is 0 Å². The van der Waals surface area contributed by atoms with E-state index in [2.05, 4.69) is 22.6 Å². The van der Waals surface area contributed by atoms with Crippen molar-refractivity contribution in [1.82, 2.24) is 0 Å². The van der Waals surface area contributed by atoms with Crippen molar-refractivity contribution in [3.8, 4) is 0 Å². The van der Waals surface area contributed by atoms with Crippen molar-refractivity contribution in [2.45, 2.75) is 12.8 Å². The molecule has 0 aliphatic carbocycles. The third kappa shape index (κ3) is 3.06. The van der Waals surface area contributed by atoms with Crippen molar-refractivity contribution in [1.29, 1.82) is 0 Å². The topological polar surface area (TPSA) is 26.0 Å². The van der Waals surface area contributed by atoms with Crippen molar-refractivity contribution < 1.29 is 4.39 Å². The number of hydrogen-bond acceptors (Lipinski definition) is 1. The Morgan fingerprint density at radius 1 is 1.33 bits per heavy atom. The minimum atomic E-state index is -0.158. The molecule has 66 valence electrons. The molecule has 0 unspecified atom stereocenters. The van der Waals surface area contributed by atoms with Gasteiger partial charge in [-0.2, -0.15) is 0 Å². The molecule has 12 heavy (non-hydrogen) atoms. The van der Waals surface area contributed by atoms with Crippen LogP contribution in [0.1, 0.15) is 12.0 Å². The van der Waals surface area contributed by atoms with Gasteiger partial charge in [0.15, 0.2) is 0 Å². The van der Waals surface area contributed by atoms with E-state index in [9.17, 15) is 4.39 Å². The molecule has 0 fully saturated rings. The van der Waals surface area contributed by atoms with Crippen molar-refractivity contribution >= 4 is 22.6 Å². The largest absolute Gasteiger partial charge is 0.330 e. The van der Waals surface area contributed by atoms with Gasteiger partial charge in [0.1, 0.15) is 5.82 Å². The molecule has 0 saturated heterocycles. The summed E-state index contributed by atoms with van der Waals surface area (Å²) in [7, 11) is 0. The highest BCUT2D eigenvalue weighted by atomic mass is 127. The van der Waals surface area contributed by atoms with E-state index in [0.717, 1.165) is 22.0 Å². The van der Waals surface area contributed by atoms with E-state index in [1.165, 1.54) is 6.07 Å². The smallest absolute Gasteiger partial charge is 0.124 e. The Balaban J connectivity index is 2.72. The molecule has 0 aliphatic heterocycles. The summed E-state index contributed by atoms with van der Waals surface area (Å²) in [5, 5.41) is 0. The van der Waals surface area contributed by atoms with Gasteiger partial charge in [-0.25, -0.2) is 4.39 Å². The third-order valence-electron chi connectivity index (χ3n) is 1.59. The van der Waals surface area contributed by atoms with Gasteiger partial charge in [-0.3, -0.25) is 0 Å². The third-order valence-corrected chi connectivity index (χ3v) is 2.21. The minimum absolute atomic E-state index is 0.158. The summed E-state index contributed by atoms with van der Waals surface area (Å²) in [5.74, 6) is -0.158. The predicted octanol–water partition coefficient (Wildman–Crippen LogP) is 2.32. The highest BCUT2D eigenvalue weighted by Crippen LogP contribution is 2.12. The first kappa shape index (κ1) is 9.92. The second-order valence-corrected chi connectivity index (χ2v) is 3.92. The lowest BCUT2D eigenvalue weighted by Gasteiger charge is -2.00. The summed E-state index contributed by atoms with van der Waals surface area (Å²) in [5.41, 5.74) is 6.39. The van der Waals surface area contributed by atoms with E-state index < -0.39 is 0 Å². The lowest BCUT2D eigenvalue weighted by atomic mass is 10.1. The molecule has 0 saturated carbocycles. The van der Waals surface area contributed by atoms with Gasteiger partial charge in [0, 0.05) is 3.57 Å². The summed E-state index contributed by atoms with van der Waals surface area (Å²) in [4.78, 5) is 0. The van der Waals surface area contributed by atoms with Crippen LogP contribution in [-0.2, 0) is 6.42 Å². The maximum Gasteiger partial charge on any atom is 0.124 e. The van der Waals surface area contributed by atoms with Crippen LogP contribution in [0.3, 0.4) is 0 Å². The zero-order valence-electron chi connectivity index (χ0n) is 6.69. The summed E-state index contributed by atoms with van der Waals surface area (Å²) < 4.78 is 13.8. The molecular formula is C9H11FIN. The highest BCUT2D eigenvalue weighted by molar-refractivity contribution is 14.1. The maximum atomic E-state index is 12.8. The lowest BCUT2D eigenvalue weighted by molar-refractivity contribution is 0.623. The highest BCUT2D eigenvalue weighted by Gasteiger charge is 1.97. The quantitative estimate of drug-likeness (QED) is 0.844. The molecule has 3 heteroatoms. The Hall–Kier alpha value is -0.160. The normalized spacial score (nSPS) is 10.2. The Labute approximate surface area is 85.3 Å². The number of halogens is 2. The number of hydrogen-bond donors (Lipinski definition) is 1. The van der Waals surface area contributed by atoms with Crippen molar-refractivity contribution in [2.75, 3.05) is 6.54 Å². The standard InChI is InChI=1S/C9H11FIN/c10-8-4-7(2-1-3-12)5-9(11)6-8/h4-6H,1-3,12H2. The summed E-state index contributed by atoms with van der Waals surface area (Å²) >= 11 is 2.11. The molecule has 1 aromatic carbocycles. The molecule has 1 rings (SSSR count). The van der Waals surface area contributed by atoms with Crippen LogP contribution < -0.4 is 5.73 Å². The molecule has 0 radical (unpaired) electrons. The second kappa shape index (κ2) is 4.77. The fourth-order valence-corrected chi connectivity index (χ4v) is 1.76. The van der Waals surface area contributed by atoms with Crippen molar-refractivity contribution in [2.24, 2.45) is 5.73 Å². The average molecular weight is 279 g/mol. The molecule has 0 aliphatic rings. The van der Waals surface area contributed by atoms with E-state index in [-0.39, 0.29) is 5.82 Å². The van der Waals surface area contributed by atoms with Gasteiger partial charge in [-0.1, -0.05) is 0 Å². The van der Waals surface area contributed by atoms with Crippen LogP contribution in [-0.4, -0.2) is 6.54 Å². The van der Waals surface area contributed by atoms with Crippen molar-refractivity contribution in [3.05, 3.63) is 33.1 Å². The molecule has 0 amide bonds. The zero-order chi connectivity index (χ0) is 8.97. The minimum Gasteiger partial charge on any atom is -0.330 e. The molecule has 1 aromatic rings. The fraction of sp³-hybridized carbons (Fsp3) is 0.333. The molecule has 2 N–H and O–H groups in total. The summed E-state index contributed by atoms with van der Waals surface area (Å²) in [6.07, 6.45) is 1.78. The molecule has 0 aromatic heterocycles.